The Labute approximate surface area is 128 Å². The number of imidazole rings is 1. The molecule has 0 radical (unpaired) electrons. The fourth-order valence-corrected chi connectivity index (χ4v) is 2.56. The molecule has 4 nitrogen and oxygen atoms in total. The molecule has 0 N–H and O–H groups in total. The fourth-order valence-electron chi connectivity index (χ4n) is 2.56. The van der Waals surface area contributed by atoms with Gasteiger partial charge in [0.15, 0.2) is 0 Å². The van der Waals surface area contributed by atoms with E-state index in [4.69, 9.17) is 4.98 Å². The Balaban J connectivity index is 1.90. The molecule has 2 aromatic carbocycles. The first-order chi connectivity index (χ1) is 10.9. The molecule has 0 amide bonds. The van der Waals surface area contributed by atoms with Gasteiger partial charge in [-0.15, -0.1) is 0 Å². The molecule has 0 aliphatic heterocycles. The smallest absolute Gasteiger partial charge is 0.149 e. The molecule has 2 aromatic heterocycles. The summed E-state index contributed by atoms with van der Waals surface area (Å²) >= 11 is 0. The minimum Gasteiger partial charge on any atom is -0.330 e. The lowest BCUT2D eigenvalue weighted by atomic mass is 10.1. The maximum atomic E-state index is 4.79. The van der Waals surface area contributed by atoms with Gasteiger partial charge in [-0.25, -0.2) is 15.0 Å². The van der Waals surface area contributed by atoms with Crippen LogP contribution in [-0.2, 0) is 6.54 Å². The van der Waals surface area contributed by atoms with Gasteiger partial charge in [0.2, 0.25) is 0 Å². The van der Waals surface area contributed by atoms with Crippen LogP contribution in [0.5, 0.6) is 0 Å². The Bertz CT molecular complexity index is 899. The van der Waals surface area contributed by atoms with Crippen LogP contribution >= 0.6 is 0 Å². The van der Waals surface area contributed by atoms with Crippen LogP contribution in [0.3, 0.4) is 0 Å². The van der Waals surface area contributed by atoms with E-state index in [2.05, 4.69) is 28.2 Å². The largest absolute Gasteiger partial charge is 0.330 e. The zero-order valence-corrected chi connectivity index (χ0v) is 11.9. The van der Waals surface area contributed by atoms with E-state index < -0.39 is 0 Å². The zero-order valence-electron chi connectivity index (χ0n) is 11.9. The van der Waals surface area contributed by atoms with Gasteiger partial charge in [0.1, 0.15) is 5.82 Å². The average molecular weight is 286 g/mol. The molecule has 0 atom stereocenters. The second-order valence-electron chi connectivity index (χ2n) is 5.11. The lowest BCUT2D eigenvalue weighted by Crippen LogP contribution is -2.04. The number of hydrogen-bond acceptors (Lipinski definition) is 3. The average Bonchev–Trinajstić information content (AvgIpc) is 3.08. The zero-order chi connectivity index (χ0) is 14.8. The Morgan fingerprint density at radius 1 is 0.864 bits per heavy atom. The van der Waals surface area contributed by atoms with Crippen molar-refractivity contribution < 1.29 is 0 Å². The van der Waals surface area contributed by atoms with Gasteiger partial charge >= 0.3 is 0 Å². The normalized spacial score (nSPS) is 10.9. The van der Waals surface area contributed by atoms with Crippen molar-refractivity contribution >= 4 is 10.9 Å². The summed E-state index contributed by atoms with van der Waals surface area (Å²) in [7, 11) is 0. The number of para-hydroxylation sites is 1. The lowest BCUT2D eigenvalue weighted by molar-refractivity contribution is 0.749. The Morgan fingerprint density at radius 3 is 2.50 bits per heavy atom. The highest BCUT2D eigenvalue weighted by molar-refractivity contribution is 5.92. The van der Waals surface area contributed by atoms with E-state index in [1.165, 1.54) is 0 Å². The predicted octanol–water partition coefficient (Wildman–Crippen LogP) is 3.54. The molecule has 4 aromatic rings. The Kier molecular flexibility index (Phi) is 3.12. The van der Waals surface area contributed by atoms with Crippen LogP contribution in [0.15, 0.2) is 73.3 Å². The molecule has 0 aliphatic carbocycles. The van der Waals surface area contributed by atoms with Crippen LogP contribution in [-0.4, -0.2) is 19.5 Å². The fraction of sp³-hybridized carbons (Fsp3) is 0.0556. The molecular formula is C18H14N4. The van der Waals surface area contributed by atoms with Crippen LogP contribution in [0.2, 0.25) is 0 Å². The van der Waals surface area contributed by atoms with Crippen LogP contribution in [0.4, 0.5) is 0 Å². The van der Waals surface area contributed by atoms with Crippen molar-refractivity contribution in [1.82, 2.24) is 19.5 Å². The van der Waals surface area contributed by atoms with Crippen molar-refractivity contribution in [3.63, 3.8) is 0 Å². The first-order valence-electron chi connectivity index (χ1n) is 7.17. The third kappa shape index (κ3) is 2.35. The maximum Gasteiger partial charge on any atom is 0.149 e. The van der Waals surface area contributed by atoms with Crippen LogP contribution in [0.25, 0.3) is 22.2 Å². The highest BCUT2D eigenvalue weighted by atomic mass is 15.1. The maximum absolute atomic E-state index is 4.79. The SMILES string of the molecule is c1ccc(-c2nc(Cn3ccnc3)nc3ccccc23)cc1. The minimum atomic E-state index is 0.616. The standard InChI is InChI=1S/C18H14N4/c1-2-6-14(7-3-1)18-15-8-4-5-9-16(15)20-17(21-18)12-22-11-10-19-13-22/h1-11,13H,12H2. The number of benzene rings is 2. The molecule has 0 saturated carbocycles. The first kappa shape index (κ1) is 12.7. The van der Waals surface area contributed by atoms with Crippen LogP contribution in [0.1, 0.15) is 5.82 Å². The highest BCUT2D eigenvalue weighted by Crippen LogP contribution is 2.25. The molecule has 0 spiro atoms. The number of aromatic nitrogens is 4. The summed E-state index contributed by atoms with van der Waals surface area (Å²) in [6.45, 7) is 0.616. The monoisotopic (exact) mass is 286 g/mol. The number of nitrogens with zero attached hydrogens (tertiary/aromatic N) is 4. The molecule has 0 saturated heterocycles. The molecule has 0 unspecified atom stereocenters. The third-order valence-electron chi connectivity index (χ3n) is 3.58. The summed E-state index contributed by atoms with van der Waals surface area (Å²) in [6, 6.07) is 18.4. The van der Waals surface area contributed by atoms with E-state index in [9.17, 15) is 0 Å². The summed E-state index contributed by atoms with van der Waals surface area (Å²) in [6.07, 6.45) is 5.46. The van der Waals surface area contributed by atoms with Crippen LogP contribution < -0.4 is 0 Å². The Hall–Kier alpha value is -3.01. The summed E-state index contributed by atoms with van der Waals surface area (Å²) in [5.74, 6) is 0.788. The van der Waals surface area contributed by atoms with Crippen molar-refractivity contribution in [2.75, 3.05) is 0 Å². The Morgan fingerprint density at radius 2 is 1.68 bits per heavy atom. The lowest BCUT2D eigenvalue weighted by Gasteiger charge is -2.09. The predicted molar refractivity (Wildman–Crippen MR) is 86.3 cm³/mol. The number of hydrogen-bond donors (Lipinski definition) is 0. The van der Waals surface area contributed by atoms with Gasteiger partial charge in [0.05, 0.1) is 24.1 Å². The minimum absolute atomic E-state index is 0.616. The quantitative estimate of drug-likeness (QED) is 0.578. The second kappa shape index (κ2) is 5.41. The highest BCUT2D eigenvalue weighted by Gasteiger charge is 2.09. The molecule has 4 rings (SSSR count). The van der Waals surface area contributed by atoms with E-state index in [1.807, 2.05) is 47.2 Å². The number of fused-ring (bicyclic) bond motifs is 1. The summed E-state index contributed by atoms with van der Waals surface area (Å²) in [4.78, 5) is 13.5. The topological polar surface area (TPSA) is 43.6 Å². The van der Waals surface area contributed by atoms with Crippen molar-refractivity contribution in [2.45, 2.75) is 6.54 Å². The molecule has 0 aliphatic rings. The van der Waals surface area contributed by atoms with E-state index >= 15 is 0 Å². The van der Waals surface area contributed by atoms with E-state index in [0.29, 0.717) is 6.54 Å². The van der Waals surface area contributed by atoms with Gasteiger partial charge in [-0.05, 0) is 6.07 Å². The second-order valence-corrected chi connectivity index (χ2v) is 5.11. The van der Waals surface area contributed by atoms with Crippen LogP contribution in [0, 0.1) is 0 Å². The summed E-state index contributed by atoms with van der Waals surface area (Å²) < 4.78 is 1.97. The molecule has 0 fully saturated rings. The van der Waals surface area contributed by atoms with Gasteiger partial charge in [0, 0.05) is 23.3 Å². The van der Waals surface area contributed by atoms with Gasteiger partial charge in [0.25, 0.3) is 0 Å². The van der Waals surface area contributed by atoms with Gasteiger partial charge < -0.3 is 4.57 Å². The van der Waals surface area contributed by atoms with Gasteiger partial charge in [-0.2, -0.15) is 0 Å². The van der Waals surface area contributed by atoms with Crippen molar-refractivity contribution in [2.24, 2.45) is 0 Å². The first-order valence-corrected chi connectivity index (χ1v) is 7.17. The molecule has 0 bridgehead atoms. The third-order valence-corrected chi connectivity index (χ3v) is 3.58. The van der Waals surface area contributed by atoms with Crippen molar-refractivity contribution in [3.8, 4) is 11.3 Å². The van der Waals surface area contributed by atoms with E-state index in [-0.39, 0.29) is 0 Å². The molecule has 106 valence electrons. The van der Waals surface area contributed by atoms with E-state index in [0.717, 1.165) is 28.0 Å². The number of rotatable bonds is 3. The van der Waals surface area contributed by atoms with Crippen molar-refractivity contribution in [1.29, 1.82) is 0 Å². The van der Waals surface area contributed by atoms with E-state index in [1.54, 1.807) is 12.5 Å². The molecule has 4 heteroatoms. The summed E-state index contributed by atoms with van der Waals surface area (Å²) in [5, 5.41) is 1.07. The summed E-state index contributed by atoms with van der Waals surface area (Å²) in [5.41, 5.74) is 3.04. The molecule has 22 heavy (non-hydrogen) atoms. The molecule has 2 heterocycles. The van der Waals surface area contributed by atoms with Gasteiger partial charge in [-0.3, -0.25) is 0 Å². The van der Waals surface area contributed by atoms with Gasteiger partial charge in [-0.1, -0.05) is 48.5 Å². The molecular weight excluding hydrogens is 272 g/mol. The van der Waals surface area contributed by atoms with Crippen molar-refractivity contribution in [3.05, 3.63) is 79.1 Å².